The Morgan fingerprint density at radius 3 is 2.10 bits per heavy atom. The topological polar surface area (TPSA) is 9.23 Å². The first kappa shape index (κ1) is 10.1. The summed E-state index contributed by atoms with van der Waals surface area (Å²) in [4.78, 5) is 0. The van der Waals surface area contributed by atoms with Crippen LogP contribution in [0.2, 0.25) is 5.02 Å². The van der Waals surface area contributed by atoms with Crippen LogP contribution >= 0.6 is 11.6 Å². The van der Waals surface area contributed by atoms with Crippen molar-refractivity contribution < 1.29 is 4.74 Å². The minimum atomic E-state index is 0. The Bertz CT molecular complexity index is 185. The summed E-state index contributed by atoms with van der Waals surface area (Å²) in [6, 6.07) is 7.23. The summed E-state index contributed by atoms with van der Waals surface area (Å²) >= 11 is 5.61. The van der Waals surface area contributed by atoms with Crippen molar-refractivity contribution in [3.05, 3.63) is 29.3 Å². The smallest absolute Gasteiger partial charge is 0.316 e. The van der Waals surface area contributed by atoms with E-state index in [9.17, 15) is 0 Å². The second-order valence-corrected chi connectivity index (χ2v) is 2.09. The molecule has 0 fully saturated rings. The molecule has 0 aliphatic heterocycles. The number of ether oxygens (including phenoxy) is 1. The first-order valence-electron chi connectivity index (χ1n) is 2.62. The van der Waals surface area contributed by atoms with Gasteiger partial charge in [0.2, 0.25) is 0 Å². The van der Waals surface area contributed by atoms with Crippen molar-refractivity contribution in [2.75, 3.05) is 7.11 Å². The standard InChI is InChI=1S/C7H7ClO.Mg.2H/c1-9-7-4-2-6(8)3-5-7;;;/h2-5H,1H3;;;. The predicted molar refractivity (Wildman–Crippen MR) is 46.5 cm³/mol. The lowest BCUT2D eigenvalue weighted by Crippen LogP contribution is -1.79. The van der Waals surface area contributed by atoms with E-state index in [2.05, 4.69) is 0 Å². The average molecular weight is 169 g/mol. The fraction of sp³-hybridized carbons (Fsp3) is 0.143. The summed E-state index contributed by atoms with van der Waals surface area (Å²) in [5, 5.41) is 0.732. The summed E-state index contributed by atoms with van der Waals surface area (Å²) in [5.41, 5.74) is 0. The van der Waals surface area contributed by atoms with Gasteiger partial charge in [-0.3, -0.25) is 0 Å². The van der Waals surface area contributed by atoms with Crippen molar-refractivity contribution in [3.8, 4) is 5.75 Å². The Morgan fingerprint density at radius 2 is 1.70 bits per heavy atom. The molecule has 0 bridgehead atoms. The normalized spacial score (nSPS) is 8.20. The third-order valence-corrected chi connectivity index (χ3v) is 1.30. The highest BCUT2D eigenvalue weighted by Gasteiger charge is 1.87. The molecule has 0 spiro atoms. The summed E-state index contributed by atoms with van der Waals surface area (Å²) in [5.74, 6) is 0.833. The van der Waals surface area contributed by atoms with Gasteiger partial charge in [-0.1, -0.05) is 11.6 Å². The van der Waals surface area contributed by atoms with Crippen molar-refractivity contribution in [2.45, 2.75) is 0 Å². The van der Waals surface area contributed by atoms with Crippen molar-refractivity contribution in [1.82, 2.24) is 0 Å². The fourth-order valence-electron chi connectivity index (χ4n) is 0.571. The van der Waals surface area contributed by atoms with Gasteiger partial charge in [0.05, 0.1) is 7.11 Å². The molecule has 0 amide bonds. The van der Waals surface area contributed by atoms with E-state index in [4.69, 9.17) is 16.3 Å². The Balaban J connectivity index is 0.000000810. The van der Waals surface area contributed by atoms with E-state index in [1.807, 2.05) is 12.1 Å². The minimum Gasteiger partial charge on any atom is -0.497 e. The Labute approximate surface area is 81.5 Å². The third-order valence-electron chi connectivity index (χ3n) is 1.05. The molecule has 10 heavy (non-hydrogen) atoms. The first-order valence-corrected chi connectivity index (χ1v) is 3.00. The van der Waals surface area contributed by atoms with Gasteiger partial charge in [0.25, 0.3) is 0 Å². The molecule has 1 aromatic carbocycles. The van der Waals surface area contributed by atoms with Crippen molar-refractivity contribution in [3.63, 3.8) is 0 Å². The van der Waals surface area contributed by atoms with E-state index in [-0.39, 0.29) is 23.1 Å². The van der Waals surface area contributed by atoms with Gasteiger partial charge in [0, 0.05) is 5.02 Å². The number of benzene rings is 1. The van der Waals surface area contributed by atoms with E-state index in [0.29, 0.717) is 0 Å². The molecule has 1 rings (SSSR count). The molecule has 0 heterocycles. The molecule has 0 N–H and O–H groups in total. The first-order chi connectivity index (χ1) is 4.33. The lowest BCUT2D eigenvalue weighted by atomic mass is 10.3. The number of hydrogen-bond acceptors (Lipinski definition) is 1. The van der Waals surface area contributed by atoms with Crippen molar-refractivity contribution in [1.29, 1.82) is 0 Å². The highest BCUT2D eigenvalue weighted by molar-refractivity contribution is 6.30. The highest BCUT2D eigenvalue weighted by atomic mass is 35.5. The Morgan fingerprint density at radius 1 is 1.20 bits per heavy atom. The van der Waals surface area contributed by atoms with Crippen LogP contribution in [0.15, 0.2) is 24.3 Å². The zero-order valence-electron chi connectivity index (χ0n) is 5.10. The quantitative estimate of drug-likeness (QED) is 0.577. The summed E-state index contributed by atoms with van der Waals surface area (Å²) in [6.45, 7) is 0. The molecule has 0 aliphatic rings. The number of halogens is 1. The molecule has 0 aliphatic carbocycles. The van der Waals surface area contributed by atoms with Crippen LogP contribution in [-0.2, 0) is 0 Å². The van der Waals surface area contributed by atoms with Crippen LogP contribution in [-0.4, -0.2) is 30.2 Å². The Hall–Kier alpha value is 0.0762. The second kappa shape index (κ2) is 4.83. The molecule has 0 saturated carbocycles. The molecule has 1 nitrogen and oxygen atoms in total. The minimum absolute atomic E-state index is 0. The largest absolute Gasteiger partial charge is 0.497 e. The number of rotatable bonds is 1. The maximum Gasteiger partial charge on any atom is 0.316 e. The zero-order chi connectivity index (χ0) is 6.69. The molecular weight excluding hydrogens is 160 g/mol. The number of methoxy groups -OCH3 is 1. The van der Waals surface area contributed by atoms with Crippen LogP contribution < -0.4 is 4.74 Å². The Kier molecular flexibility index (Phi) is 4.86. The van der Waals surface area contributed by atoms with Crippen LogP contribution in [0.25, 0.3) is 0 Å². The molecular formula is C7H9ClMgO. The molecule has 0 saturated heterocycles. The fourth-order valence-corrected chi connectivity index (χ4v) is 0.697. The zero-order valence-corrected chi connectivity index (χ0v) is 5.85. The van der Waals surface area contributed by atoms with Crippen LogP contribution in [0.3, 0.4) is 0 Å². The van der Waals surface area contributed by atoms with Gasteiger partial charge >= 0.3 is 23.1 Å². The molecule has 0 aromatic heterocycles. The molecule has 52 valence electrons. The van der Waals surface area contributed by atoms with Crippen LogP contribution in [0.1, 0.15) is 0 Å². The molecule has 3 heteroatoms. The van der Waals surface area contributed by atoms with Crippen molar-refractivity contribution >= 4 is 34.7 Å². The third kappa shape index (κ3) is 2.77. The average Bonchev–Trinajstić information content (AvgIpc) is 1.90. The van der Waals surface area contributed by atoms with E-state index in [1.165, 1.54) is 0 Å². The molecule has 1 aromatic rings. The summed E-state index contributed by atoms with van der Waals surface area (Å²) < 4.78 is 4.91. The lowest BCUT2D eigenvalue weighted by molar-refractivity contribution is 0.415. The maximum atomic E-state index is 5.61. The molecule has 0 atom stereocenters. The van der Waals surface area contributed by atoms with Gasteiger partial charge in [-0.25, -0.2) is 0 Å². The molecule has 0 unspecified atom stereocenters. The highest BCUT2D eigenvalue weighted by Crippen LogP contribution is 2.14. The van der Waals surface area contributed by atoms with Crippen molar-refractivity contribution in [2.24, 2.45) is 0 Å². The van der Waals surface area contributed by atoms with E-state index in [1.54, 1.807) is 19.2 Å². The summed E-state index contributed by atoms with van der Waals surface area (Å²) in [7, 11) is 1.63. The van der Waals surface area contributed by atoms with Gasteiger partial charge in [0.1, 0.15) is 5.75 Å². The van der Waals surface area contributed by atoms with Crippen LogP contribution in [0.4, 0.5) is 0 Å². The molecule has 0 radical (unpaired) electrons. The number of hydrogen-bond donors (Lipinski definition) is 0. The van der Waals surface area contributed by atoms with Gasteiger partial charge in [-0.15, -0.1) is 0 Å². The van der Waals surface area contributed by atoms with Gasteiger partial charge in [-0.05, 0) is 24.3 Å². The van der Waals surface area contributed by atoms with E-state index in [0.717, 1.165) is 10.8 Å². The van der Waals surface area contributed by atoms with Gasteiger partial charge < -0.3 is 4.74 Å². The monoisotopic (exact) mass is 168 g/mol. The van der Waals surface area contributed by atoms with Crippen LogP contribution in [0, 0.1) is 0 Å². The van der Waals surface area contributed by atoms with E-state index < -0.39 is 0 Å². The van der Waals surface area contributed by atoms with Gasteiger partial charge in [-0.2, -0.15) is 0 Å². The predicted octanol–water partition coefficient (Wildman–Crippen LogP) is 1.43. The summed E-state index contributed by atoms with van der Waals surface area (Å²) in [6.07, 6.45) is 0. The SMILES string of the molecule is COc1ccc(Cl)cc1.[MgH2]. The lowest BCUT2D eigenvalue weighted by Gasteiger charge is -1.96. The van der Waals surface area contributed by atoms with E-state index >= 15 is 0 Å². The van der Waals surface area contributed by atoms with Gasteiger partial charge in [0.15, 0.2) is 0 Å². The second-order valence-electron chi connectivity index (χ2n) is 1.66. The van der Waals surface area contributed by atoms with Crippen LogP contribution in [0.5, 0.6) is 5.75 Å². The maximum absolute atomic E-state index is 5.61.